The molecule has 0 aromatic heterocycles. The highest BCUT2D eigenvalue weighted by atomic mass is 32.2. The third-order valence-corrected chi connectivity index (χ3v) is 5.98. The van der Waals surface area contributed by atoms with Gasteiger partial charge < -0.3 is 4.90 Å². The molecule has 3 rings (SSSR count). The topological polar surface area (TPSA) is 37.4 Å². The molecule has 24 heavy (non-hydrogen) atoms. The van der Waals surface area contributed by atoms with Gasteiger partial charge in [0.15, 0.2) is 5.78 Å². The standard InChI is InChI=1S/C20H21NO2S/c1-14-8-10-15(11-9-14)16-12-13-19(20(16)22)24(23)18-7-5-4-6-17(18)21(2)3/h4-12,19H,13H2,1-3H3/t19-,24?/m0/s1. The third-order valence-electron chi connectivity index (χ3n) is 4.28. The Hall–Kier alpha value is -2.20. The maximum absolute atomic E-state index is 13.0. The lowest BCUT2D eigenvalue weighted by Gasteiger charge is -2.18. The van der Waals surface area contributed by atoms with Crippen molar-refractivity contribution in [3.8, 4) is 0 Å². The number of para-hydroxylation sites is 1. The zero-order chi connectivity index (χ0) is 17.3. The van der Waals surface area contributed by atoms with Crippen LogP contribution in [0.2, 0.25) is 0 Å². The highest BCUT2D eigenvalue weighted by molar-refractivity contribution is 7.86. The molecule has 0 spiro atoms. The molecule has 124 valence electrons. The summed E-state index contributed by atoms with van der Waals surface area (Å²) in [5.41, 5.74) is 3.65. The molecule has 0 fully saturated rings. The molecular weight excluding hydrogens is 318 g/mol. The highest BCUT2D eigenvalue weighted by Crippen LogP contribution is 2.32. The molecule has 2 atom stereocenters. The van der Waals surface area contributed by atoms with Gasteiger partial charge in [-0.05, 0) is 31.0 Å². The largest absolute Gasteiger partial charge is 0.377 e. The van der Waals surface area contributed by atoms with Crippen LogP contribution in [0.1, 0.15) is 17.5 Å². The lowest BCUT2D eigenvalue weighted by Crippen LogP contribution is -2.24. The second kappa shape index (κ2) is 6.73. The van der Waals surface area contributed by atoms with E-state index in [0.717, 1.165) is 21.7 Å². The number of hydrogen-bond acceptors (Lipinski definition) is 3. The molecule has 3 nitrogen and oxygen atoms in total. The number of carbonyl (C=O) groups excluding carboxylic acids is 1. The van der Waals surface area contributed by atoms with Crippen LogP contribution in [0.5, 0.6) is 0 Å². The average Bonchev–Trinajstić information content (AvgIpc) is 2.96. The van der Waals surface area contributed by atoms with E-state index in [2.05, 4.69) is 0 Å². The normalized spacial score (nSPS) is 18.4. The number of rotatable bonds is 4. The summed E-state index contributed by atoms with van der Waals surface area (Å²) in [4.78, 5) is 15.5. The van der Waals surface area contributed by atoms with Gasteiger partial charge in [0.05, 0.1) is 21.4 Å². The van der Waals surface area contributed by atoms with Crippen LogP contribution in [-0.2, 0) is 15.6 Å². The molecule has 0 saturated carbocycles. The van der Waals surface area contributed by atoms with E-state index in [0.29, 0.717) is 12.0 Å². The molecule has 0 saturated heterocycles. The van der Waals surface area contributed by atoms with E-state index < -0.39 is 16.0 Å². The van der Waals surface area contributed by atoms with Crippen LogP contribution < -0.4 is 4.90 Å². The van der Waals surface area contributed by atoms with Crippen LogP contribution in [0.15, 0.2) is 59.5 Å². The van der Waals surface area contributed by atoms with Gasteiger partial charge in [-0.2, -0.15) is 0 Å². The number of ketones is 1. The molecule has 0 N–H and O–H groups in total. The number of nitrogens with zero attached hydrogens (tertiary/aromatic N) is 1. The van der Waals surface area contributed by atoms with Crippen LogP contribution in [0.4, 0.5) is 5.69 Å². The lowest BCUT2D eigenvalue weighted by atomic mass is 10.0. The Morgan fingerprint density at radius 2 is 1.71 bits per heavy atom. The van der Waals surface area contributed by atoms with E-state index in [1.54, 1.807) is 0 Å². The van der Waals surface area contributed by atoms with Gasteiger partial charge in [0.25, 0.3) is 0 Å². The smallest absolute Gasteiger partial charge is 0.179 e. The lowest BCUT2D eigenvalue weighted by molar-refractivity contribution is -0.112. The summed E-state index contributed by atoms with van der Waals surface area (Å²) in [5.74, 6) is -0.0225. The summed E-state index contributed by atoms with van der Waals surface area (Å²) >= 11 is 0. The van der Waals surface area contributed by atoms with Crippen LogP contribution >= 0.6 is 0 Å². The first-order chi connectivity index (χ1) is 11.5. The Bertz CT molecular complexity index is 822. The molecule has 0 amide bonds. The van der Waals surface area contributed by atoms with Crippen molar-refractivity contribution in [1.29, 1.82) is 0 Å². The second-order valence-corrected chi connectivity index (χ2v) is 7.84. The summed E-state index contributed by atoms with van der Waals surface area (Å²) in [7, 11) is 2.48. The van der Waals surface area contributed by atoms with E-state index in [4.69, 9.17) is 0 Å². The predicted molar refractivity (Wildman–Crippen MR) is 99.7 cm³/mol. The summed E-state index contributed by atoms with van der Waals surface area (Å²) < 4.78 is 13.0. The molecule has 2 aromatic carbocycles. The molecule has 4 heteroatoms. The Labute approximate surface area is 145 Å². The first-order valence-electron chi connectivity index (χ1n) is 7.97. The Morgan fingerprint density at radius 3 is 2.38 bits per heavy atom. The maximum Gasteiger partial charge on any atom is 0.179 e. The minimum atomic E-state index is -1.36. The second-order valence-electron chi connectivity index (χ2n) is 6.23. The fourth-order valence-electron chi connectivity index (χ4n) is 2.93. The molecule has 2 aromatic rings. The molecule has 0 bridgehead atoms. The molecule has 1 unspecified atom stereocenters. The van der Waals surface area contributed by atoms with Crippen molar-refractivity contribution in [3.05, 3.63) is 65.7 Å². The van der Waals surface area contributed by atoms with Crippen LogP contribution in [0.25, 0.3) is 5.57 Å². The van der Waals surface area contributed by atoms with Crippen LogP contribution in [0, 0.1) is 6.92 Å². The van der Waals surface area contributed by atoms with Gasteiger partial charge in [0.2, 0.25) is 0 Å². The summed E-state index contributed by atoms with van der Waals surface area (Å²) in [6.45, 7) is 2.02. The van der Waals surface area contributed by atoms with Gasteiger partial charge in [-0.15, -0.1) is 0 Å². The molecule has 0 radical (unpaired) electrons. The maximum atomic E-state index is 13.0. The summed E-state index contributed by atoms with van der Waals surface area (Å²) in [6.07, 6.45) is 2.45. The number of hydrogen-bond donors (Lipinski definition) is 0. The molecule has 1 aliphatic carbocycles. The number of Topliss-reactive ketones (excluding diaryl/α,β-unsaturated/α-hetero) is 1. The molecular formula is C20H21NO2S. The molecule has 1 aliphatic rings. The summed E-state index contributed by atoms with van der Waals surface area (Å²) in [5, 5.41) is -0.498. The van der Waals surface area contributed by atoms with Gasteiger partial charge in [0, 0.05) is 19.7 Å². The molecule has 0 heterocycles. The van der Waals surface area contributed by atoms with E-state index in [1.807, 2.05) is 80.5 Å². The predicted octanol–water partition coefficient (Wildman–Crippen LogP) is 3.59. The summed E-state index contributed by atoms with van der Waals surface area (Å²) in [6, 6.07) is 15.5. The van der Waals surface area contributed by atoms with Gasteiger partial charge >= 0.3 is 0 Å². The van der Waals surface area contributed by atoms with Crippen molar-refractivity contribution in [2.24, 2.45) is 0 Å². The van der Waals surface area contributed by atoms with E-state index >= 15 is 0 Å². The van der Waals surface area contributed by atoms with Crippen molar-refractivity contribution in [3.63, 3.8) is 0 Å². The van der Waals surface area contributed by atoms with Crippen molar-refractivity contribution in [1.82, 2.24) is 0 Å². The van der Waals surface area contributed by atoms with Crippen molar-refractivity contribution >= 4 is 27.8 Å². The fraction of sp³-hybridized carbons (Fsp3) is 0.250. The first kappa shape index (κ1) is 16.7. The van der Waals surface area contributed by atoms with Crippen molar-refractivity contribution < 1.29 is 9.00 Å². The van der Waals surface area contributed by atoms with E-state index in [9.17, 15) is 9.00 Å². The monoisotopic (exact) mass is 339 g/mol. The van der Waals surface area contributed by atoms with Crippen LogP contribution in [0.3, 0.4) is 0 Å². The Balaban J connectivity index is 1.87. The van der Waals surface area contributed by atoms with Crippen molar-refractivity contribution in [2.45, 2.75) is 23.5 Å². The van der Waals surface area contributed by atoms with Gasteiger partial charge in [0.1, 0.15) is 5.25 Å². The Kier molecular flexibility index (Phi) is 4.67. The Morgan fingerprint density at radius 1 is 1.04 bits per heavy atom. The zero-order valence-corrected chi connectivity index (χ0v) is 15.0. The van der Waals surface area contributed by atoms with Gasteiger partial charge in [-0.1, -0.05) is 48.0 Å². The number of aryl methyl sites for hydroxylation is 1. The van der Waals surface area contributed by atoms with E-state index in [-0.39, 0.29) is 5.78 Å². The SMILES string of the molecule is Cc1ccc(C2=CC[C@H](S(=O)c3ccccc3N(C)C)C2=O)cc1. The van der Waals surface area contributed by atoms with E-state index in [1.165, 1.54) is 0 Å². The minimum absolute atomic E-state index is 0.0225. The number of allylic oxidation sites excluding steroid dienone is 2. The highest BCUT2D eigenvalue weighted by Gasteiger charge is 2.34. The number of benzene rings is 2. The minimum Gasteiger partial charge on any atom is -0.377 e. The number of carbonyl (C=O) groups is 1. The zero-order valence-electron chi connectivity index (χ0n) is 14.2. The van der Waals surface area contributed by atoms with Crippen LogP contribution in [-0.4, -0.2) is 29.3 Å². The molecule has 0 aliphatic heterocycles. The number of anilines is 1. The average molecular weight is 339 g/mol. The fourth-order valence-corrected chi connectivity index (χ4v) is 4.50. The third kappa shape index (κ3) is 3.06. The van der Waals surface area contributed by atoms with Gasteiger partial charge in [-0.25, -0.2) is 0 Å². The quantitative estimate of drug-likeness (QED) is 0.854. The first-order valence-corrected chi connectivity index (χ1v) is 9.18. The van der Waals surface area contributed by atoms with Gasteiger partial charge in [-0.3, -0.25) is 9.00 Å². The van der Waals surface area contributed by atoms with Crippen molar-refractivity contribution in [2.75, 3.05) is 19.0 Å².